The molecule has 0 atom stereocenters. The highest BCUT2D eigenvalue weighted by atomic mass is 16.1. The van der Waals surface area contributed by atoms with Crippen LogP contribution < -0.4 is 11.1 Å². The molecule has 4 heteroatoms. The lowest BCUT2D eigenvalue weighted by molar-refractivity contribution is 0.0911. The number of hydrogen-bond acceptors (Lipinski definition) is 3. The Morgan fingerprint density at radius 1 is 1.56 bits per heavy atom. The Hall–Kier alpha value is -1.42. The quantitative estimate of drug-likeness (QED) is 0.808. The first-order valence-electron chi connectivity index (χ1n) is 5.46. The smallest absolute Gasteiger partial charge is 0.251 e. The van der Waals surface area contributed by atoms with Crippen molar-refractivity contribution in [3.05, 3.63) is 29.6 Å². The molecule has 1 rings (SSSR count). The first kappa shape index (κ1) is 12.6. The predicted octanol–water partition coefficient (Wildman–Crippen LogP) is 1.46. The van der Waals surface area contributed by atoms with Crippen LogP contribution in [0.1, 0.15) is 43.2 Å². The van der Waals surface area contributed by atoms with Gasteiger partial charge in [0.15, 0.2) is 0 Å². The van der Waals surface area contributed by atoms with E-state index in [1.165, 1.54) is 0 Å². The molecule has 0 unspecified atom stereocenters. The Kier molecular flexibility index (Phi) is 4.01. The maximum Gasteiger partial charge on any atom is 0.251 e. The van der Waals surface area contributed by atoms with Gasteiger partial charge in [0, 0.05) is 23.8 Å². The number of amides is 1. The SMILES string of the molecule is CCC(C)(C)NC(=O)c1ccnc(CN)c1. The van der Waals surface area contributed by atoms with Gasteiger partial charge in [-0.15, -0.1) is 0 Å². The molecule has 0 radical (unpaired) electrons. The fourth-order valence-corrected chi connectivity index (χ4v) is 1.20. The third-order valence-electron chi connectivity index (χ3n) is 2.62. The Bertz CT molecular complexity index is 374. The maximum atomic E-state index is 11.9. The van der Waals surface area contributed by atoms with Crippen LogP contribution in [0.4, 0.5) is 0 Å². The van der Waals surface area contributed by atoms with Gasteiger partial charge < -0.3 is 11.1 Å². The highest BCUT2D eigenvalue weighted by Crippen LogP contribution is 2.09. The number of carbonyl (C=O) groups is 1. The Labute approximate surface area is 96.3 Å². The molecule has 1 aromatic rings. The molecule has 16 heavy (non-hydrogen) atoms. The summed E-state index contributed by atoms with van der Waals surface area (Å²) in [5.74, 6) is -0.0797. The van der Waals surface area contributed by atoms with E-state index in [9.17, 15) is 4.79 Å². The molecule has 0 aliphatic rings. The molecule has 0 saturated heterocycles. The van der Waals surface area contributed by atoms with E-state index in [2.05, 4.69) is 10.3 Å². The van der Waals surface area contributed by atoms with E-state index < -0.39 is 0 Å². The van der Waals surface area contributed by atoms with Crippen molar-refractivity contribution >= 4 is 5.91 Å². The van der Waals surface area contributed by atoms with Crippen molar-refractivity contribution in [3.63, 3.8) is 0 Å². The van der Waals surface area contributed by atoms with Crippen molar-refractivity contribution in [3.8, 4) is 0 Å². The molecule has 0 aliphatic carbocycles. The number of aromatic nitrogens is 1. The average molecular weight is 221 g/mol. The lowest BCUT2D eigenvalue weighted by Gasteiger charge is -2.24. The van der Waals surface area contributed by atoms with Gasteiger partial charge in [-0.05, 0) is 32.4 Å². The van der Waals surface area contributed by atoms with Gasteiger partial charge in [0.1, 0.15) is 0 Å². The second kappa shape index (κ2) is 5.07. The first-order valence-corrected chi connectivity index (χ1v) is 5.46. The molecule has 0 saturated carbocycles. The maximum absolute atomic E-state index is 11.9. The highest BCUT2D eigenvalue weighted by molar-refractivity contribution is 5.94. The summed E-state index contributed by atoms with van der Waals surface area (Å²) < 4.78 is 0. The minimum atomic E-state index is -0.191. The number of nitrogens with two attached hydrogens (primary N) is 1. The molecular formula is C12H19N3O. The third-order valence-corrected chi connectivity index (χ3v) is 2.62. The Morgan fingerprint density at radius 3 is 2.81 bits per heavy atom. The minimum absolute atomic E-state index is 0.0797. The van der Waals surface area contributed by atoms with E-state index >= 15 is 0 Å². The van der Waals surface area contributed by atoms with E-state index in [0.717, 1.165) is 12.1 Å². The van der Waals surface area contributed by atoms with Gasteiger partial charge >= 0.3 is 0 Å². The molecule has 0 aromatic carbocycles. The van der Waals surface area contributed by atoms with Crippen LogP contribution in [0, 0.1) is 0 Å². The molecule has 88 valence electrons. The molecule has 4 nitrogen and oxygen atoms in total. The van der Waals surface area contributed by atoms with Crippen LogP contribution in [-0.4, -0.2) is 16.4 Å². The largest absolute Gasteiger partial charge is 0.347 e. The van der Waals surface area contributed by atoms with Crippen LogP contribution in [0.15, 0.2) is 18.3 Å². The average Bonchev–Trinajstić information content (AvgIpc) is 2.28. The van der Waals surface area contributed by atoms with Gasteiger partial charge in [0.2, 0.25) is 0 Å². The highest BCUT2D eigenvalue weighted by Gasteiger charge is 2.18. The van der Waals surface area contributed by atoms with Crippen LogP contribution in [-0.2, 0) is 6.54 Å². The van der Waals surface area contributed by atoms with Gasteiger partial charge in [-0.3, -0.25) is 9.78 Å². The van der Waals surface area contributed by atoms with Crippen LogP contribution in [0.5, 0.6) is 0 Å². The van der Waals surface area contributed by atoms with E-state index in [4.69, 9.17) is 5.73 Å². The third kappa shape index (κ3) is 3.31. The minimum Gasteiger partial charge on any atom is -0.347 e. The number of pyridine rings is 1. The van der Waals surface area contributed by atoms with Crippen molar-refractivity contribution in [2.45, 2.75) is 39.3 Å². The number of carbonyl (C=O) groups excluding carboxylic acids is 1. The first-order chi connectivity index (χ1) is 7.48. The summed E-state index contributed by atoms with van der Waals surface area (Å²) in [6.07, 6.45) is 2.49. The summed E-state index contributed by atoms with van der Waals surface area (Å²) in [5.41, 5.74) is 6.62. The van der Waals surface area contributed by atoms with Gasteiger partial charge in [-0.1, -0.05) is 6.92 Å². The lowest BCUT2D eigenvalue weighted by Crippen LogP contribution is -2.42. The van der Waals surface area contributed by atoms with Gasteiger partial charge in [-0.25, -0.2) is 0 Å². The topological polar surface area (TPSA) is 68.0 Å². The van der Waals surface area contributed by atoms with Gasteiger partial charge in [0.25, 0.3) is 5.91 Å². The summed E-state index contributed by atoms with van der Waals surface area (Å²) in [6, 6.07) is 3.42. The van der Waals surface area contributed by atoms with Crippen molar-refractivity contribution in [2.75, 3.05) is 0 Å². The van der Waals surface area contributed by atoms with E-state index in [1.54, 1.807) is 18.3 Å². The van der Waals surface area contributed by atoms with Crippen molar-refractivity contribution in [2.24, 2.45) is 5.73 Å². The zero-order valence-electron chi connectivity index (χ0n) is 10.1. The predicted molar refractivity (Wildman–Crippen MR) is 64.0 cm³/mol. The molecule has 3 N–H and O–H groups in total. The second-order valence-corrected chi connectivity index (χ2v) is 4.43. The van der Waals surface area contributed by atoms with E-state index in [1.807, 2.05) is 20.8 Å². The number of nitrogens with zero attached hydrogens (tertiary/aromatic N) is 1. The fraction of sp³-hybridized carbons (Fsp3) is 0.500. The van der Waals surface area contributed by atoms with Gasteiger partial charge in [-0.2, -0.15) is 0 Å². The summed E-state index contributed by atoms with van der Waals surface area (Å²) in [7, 11) is 0. The normalized spacial score (nSPS) is 11.2. The second-order valence-electron chi connectivity index (χ2n) is 4.43. The molecule has 1 amide bonds. The molecule has 0 aliphatic heterocycles. The van der Waals surface area contributed by atoms with Gasteiger partial charge in [0.05, 0.1) is 5.69 Å². The molecule has 0 spiro atoms. The zero-order valence-corrected chi connectivity index (χ0v) is 10.1. The Morgan fingerprint density at radius 2 is 2.25 bits per heavy atom. The van der Waals surface area contributed by atoms with Crippen molar-refractivity contribution < 1.29 is 4.79 Å². The van der Waals surface area contributed by atoms with E-state index in [0.29, 0.717) is 12.1 Å². The monoisotopic (exact) mass is 221 g/mol. The summed E-state index contributed by atoms with van der Waals surface area (Å²) in [6.45, 7) is 6.38. The standard InChI is InChI=1S/C12H19N3O/c1-4-12(2,3)15-11(16)9-5-6-14-10(7-9)8-13/h5-7H,4,8,13H2,1-3H3,(H,15,16). The van der Waals surface area contributed by atoms with E-state index in [-0.39, 0.29) is 11.4 Å². The van der Waals surface area contributed by atoms with Crippen LogP contribution in [0.2, 0.25) is 0 Å². The molecular weight excluding hydrogens is 202 g/mol. The number of nitrogens with one attached hydrogen (secondary N) is 1. The van der Waals surface area contributed by atoms with Crippen LogP contribution >= 0.6 is 0 Å². The number of hydrogen-bond donors (Lipinski definition) is 2. The molecule has 0 fully saturated rings. The zero-order chi connectivity index (χ0) is 12.2. The molecule has 1 aromatic heterocycles. The van der Waals surface area contributed by atoms with Crippen LogP contribution in [0.25, 0.3) is 0 Å². The lowest BCUT2D eigenvalue weighted by atomic mass is 10.0. The van der Waals surface area contributed by atoms with Crippen molar-refractivity contribution in [1.29, 1.82) is 0 Å². The fourth-order valence-electron chi connectivity index (χ4n) is 1.20. The Balaban J connectivity index is 2.80. The summed E-state index contributed by atoms with van der Waals surface area (Å²) in [5, 5.41) is 2.97. The summed E-state index contributed by atoms with van der Waals surface area (Å²) >= 11 is 0. The molecule has 0 bridgehead atoms. The molecule has 1 heterocycles. The number of rotatable bonds is 4. The van der Waals surface area contributed by atoms with Crippen LogP contribution in [0.3, 0.4) is 0 Å². The summed E-state index contributed by atoms with van der Waals surface area (Å²) in [4.78, 5) is 16.0. The van der Waals surface area contributed by atoms with Crippen molar-refractivity contribution in [1.82, 2.24) is 10.3 Å².